The Kier molecular flexibility index (Phi) is 5.31. The summed E-state index contributed by atoms with van der Waals surface area (Å²) in [6, 6.07) is 1.51. The highest BCUT2D eigenvalue weighted by Crippen LogP contribution is 2.20. The highest BCUT2D eigenvalue weighted by Gasteiger charge is 2.16. The molecule has 0 aliphatic rings. The van der Waals surface area contributed by atoms with Crippen molar-refractivity contribution in [2.45, 2.75) is 26.5 Å². The lowest BCUT2D eigenvalue weighted by molar-refractivity contribution is 0.203. The van der Waals surface area contributed by atoms with Crippen molar-refractivity contribution < 1.29 is 14.2 Å². The number of rotatable bonds is 6. The number of halogens is 1. The SMILES string of the molecule is COCCN(c1ncc(F)cc1CO)C(C)C. The molecule has 0 unspecified atom stereocenters. The fourth-order valence-corrected chi connectivity index (χ4v) is 1.65. The van der Waals surface area contributed by atoms with Crippen LogP contribution in [0.25, 0.3) is 0 Å². The molecule has 0 atom stereocenters. The molecule has 5 heteroatoms. The molecule has 0 radical (unpaired) electrons. The minimum atomic E-state index is -0.437. The number of pyridine rings is 1. The van der Waals surface area contributed by atoms with E-state index in [1.807, 2.05) is 18.7 Å². The maximum absolute atomic E-state index is 13.0. The second kappa shape index (κ2) is 6.51. The number of methoxy groups -OCH3 is 1. The van der Waals surface area contributed by atoms with Gasteiger partial charge in [-0.3, -0.25) is 0 Å². The number of aromatic nitrogens is 1. The van der Waals surface area contributed by atoms with Gasteiger partial charge >= 0.3 is 0 Å². The molecule has 1 aromatic heterocycles. The summed E-state index contributed by atoms with van der Waals surface area (Å²) in [5, 5.41) is 9.23. The van der Waals surface area contributed by atoms with E-state index in [0.717, 1.165) is 6.20 Å². The molecule has 4 nitrogen and oxygen atoms in total. The van der Waals surface area contributed by atoms with Crippen molar-refractivity contribution in [2.24, 2.45) is 0 Å². The molecule has 0 saturated heterocycles. The fourth-order valence-electron chi connectivity index (χ4n) is 1.65. The summed E-state index contributed by atoms with van der Waals surface area (Å²) in [6.07, 6.45) is 1.16. The van der Waals surface area contributed by atoms with Crippen LogP contribution in [0.2, 0.25) is 0 Å². The lowest BCUT2D eigenvalue weighted by atomic mass is 10.2. The molecule has 1 heterocycles. The first-order valence-electron chi connectivity index (χ1n) is 5.61. The van der Waals surface area contributed by atoms with Crippen LogP contribution in [0.15, 0.2) is 12.3 Å². The Morgan fingerprint density at radius 2 is 2.24 bits per heavy atom. The van der Waals surface area contributed by atoms with Gasteiger partial charge in [0, 0.05) is 25.3 Å². The lowest BCUT2D eigenvalue weighted by Crippen LogP contribution is -2.35. The number of nitrogens with zero attached hydrogens (tertiary/aromatic N) is 2. The highest BCUT2D eigenvalue weighted by atomic mass is 19.1. The van der Waals surface area contributed by atoms with Crippen molar-refractivity contribution in [3.05, 3.63) is 23.6 Å². The molecule has 0 saturated carbocycles. The van der Waals surface area contributed by atoms with Crippen molar-refractivity contribution in [3.63, 3.8) is 0 Å². The highest BCUT2D eigenvalue weighted by molar-refractivity contribution is 5.47. The molecule has 0 aliphatic carbocycles. The summed E-state index contributed by atoms with van der Waals surface area (Å²) in [7, 11) is 1.63. The van der Waals surface area contributed by atoms with Crippen LogP contribution in [0.3, 0.4) is 0 Å². The molecular weight excluding hydrogens is 223 g/mol. The van der Waals surface area contributed by atoms with Gasteiger partial charge in [-0.1, -0.05) is 0 Å². The Morgan fingerprint density at radius 3 is 2.76 bits per heavy atom. The van der Waals surface area contributed by atoms with Gasteiger partial charge in [-0.25, -0.2) is 9.37 Å². The summed E-state index contributed by atoms with van der Waals surface area (Å²) in [5.74, 6) is 0.175. The van der Waals surface area contributed by atoms with Gasteiger partial charge in [0.15, 0.2) is 0 Å². The Bertz CT molecular complexity index is 358. The average Bonchev–Trinajstić information content (AvgIpc) is 2.30. The topological polar surface area (TPSA) is 45.6 Å². The molecule has 1 aromatic rings. The molecule has 1 rings (SSSR count). The van der Waals surface area contributed by atoms with Crippen LogP contribution in [-0.2, 0) is 11.3 Å². The third-order valence-corrected chi connectivity index (χ3v) is 2.51. The zero-order valence-corrected chi connectivity index (χ0v) is 10.5. The van der Waals surface area contributed by atoms with Gasteiger partial charge in [0.25, 0.3) is 0 Å². The van der Waals surface area contributed by atoms with Crippen molar-refractivity contribution in [1.29, 1.82) is 0 Å². The van der Waals surface area contributed by atoms with E-state index in [1.54, 1.807) is 7.11 Å². The predicted molar refractivity (Wildman–Crippen MR) is 64.5 cm³/mol. The number of ether oxygens (including phenoxy) is 1. The standard InChI is InChI=1S/C12H19FN2O2/c1-9(2)15(4-5-17-3)12-10(8-16)6-11(13)7-14-12/h6-7,9,16H,4-5,8H2,1-3H3. The lowest BCUT2D eigenvalue weighted by Gasteiger charge is -2.29. The maximum atomic E-state index is 13.0. The third kappa shape index (κ3) is 3.64. The van der Waals surface area contributed by atoms with Gasteiger partial charge < -0.3 is 14.7 Å². The van der Waals surface area contributed by atoms with E-state index >= 15 is 0 Å². The van der Waals surface area contributed by atoms with Crippen molar-refractivity contribution in [3.8, 4) is 0 Å². The molecule has 0 fully saturated rings. The minimum Gasteiger partial charge on any atom is -0.392 e. The quantitative estimate of drug-likeness (QED) is 0.822. The predicted octanol–water partition coefficient (Wildman–Crippen LogP) is 1.57. The summed E-state index contributed by atoms with van der Waals surface area (Å²) in [6.45, 7) is 5.02. The maximum Gasteiger partial charge on any atom is 0.142 e. The average molecular weight is 242 g/mol. The number of aliphatic hydroxyl groups excluding tert-OH is 1. The number of anilines is 1. The van der Waals surface area contributed by atoms with Crippen LogP contribution in [-0.4, -0.2) is 36.4 Å². The smallest absolute Gasteiger partial charge is 0.142 e. The Labute approximate surface area is 101 Å². The summed E-state index contributed by atoms with van der Waals surface area (Å²) in [5.41, 5.74) is 0.495. The van der Waals surface area contributed by atoms with Crippen LogP contribution in [0, 0.1) is 5.82 Å². The van der Waals surface area contributed by atoms with Gasteiger partial charge in [-0.05, 0) is 19.9 Å². The molecule has 96 valence electrons. The fraction of sp³-hybridized carbons (Fsp3) is 0.583. The summed E-state index contributed by atoms with van der Waals surface area (Å²) < 4.78 is 18.1. The second-order valence-electron chi connectivity index (χ2n) is 4.07. The van der Waals surface area contributed by atoms with Gasteiger partial charge in [0.05, 0.1) is 19.4 Å². The molecule has 1 N–H and O–H groups in total. The van der Waals surface area contributed by atoms with Crippen LogP contribution < -0.4 is 4.90 Å². The van der Waals surface area contributed by atoms with Gasteiger partial charge in [0.2, 0.25) is 0 Å². The molecule has 0 bridgehead atoms. The molecular formula is C12H19FN2O2. The second-order valence-corrected chi connectivity index (χ2v) is 4.07. The van der Waals surface area contributed by atoms with Crippen LogP contribution in [0.5, 0.6) is 0 Å². The summed E-state index contributed by atoms with van der Waals surface area (Å²) in [4.78, 5) is 6.04. The van der Waals surface area contributed by atoms with Gasteiger partial charge in [-0.2, -0.15) is 0 Å². The van der Waals surface area contributed by atoms with Crippen LogP contribution >= 0.6 is 0 Å². The van der Waals surface area contributed by atoms with E-state index in [-0.39, 0.29) is 12.6 Å². The molecule has 0 amide bonds. The van der Waals surface area contributed by atoms with E-state index in [9.17, 15) is 9.50 Å². The van der Waals surface area contributed by atoms with Gasteiger partial charge in [0.1, 0.15) is 11.6 Å². The molecule has 0 aromatic carbocycles. The van der Waals surface area contributed by atoms with E-state index in [4.69, 9.17) is 4.74 Å². The van der Waals surface area contributed by atoms with E-state index in [1.165, 1.54) is 6.07 Å². The van der Waals surface area contributed by atoms with Crippen LogP contribution in [0.1, 0.15) is 19.4 Å². The monoisotopic (exact) mass is 242 g/mol. The normalized spacial score (nSPS) is 10.9. The van der Waals surface area contributed by atoms with Crippen molar-refractivity contribution >= 4 is 5.82 Å². The number of hydrogen-bond acceptors (Lipinski definition) is 4. The first-order valence-corrected chi connectivity index (χ1v) is 5.61. The zero-order valence-electron chi connectivity index (χ0n) is 10.5. The Balaban J connectivity index is 3.00. The van der Waals surface area contributed by atoms with E-state index < -0.39 is 5.82 Å². The van der Waals surface area contributed by atoms with Gasteiger partial charge in [-0.15, -0.1) is 0 Å². The minimum absolute atomic E-state index is 0.202. The molecule has 17 heavy (non-hydrogen) atoms. The first-order chi connectivity index (χ1) is 8.10. The van der Waals surface area contributed by atoms with Crippen molar-refractivity contribution in [1.82, 2.24) is 4.98 Å². The Hall–Kier alpha value is -1.20. The third-order valence-electron chi connectivity index (χ3n) is 2.51. The molecule has 0 aliphatic heterocycles. The molecule has 0 spiro atoms. The van der Waals surface area contributed by atoms with E-state index in [2.05, 4.69) is 4.98 Å². The zero-order chi connectivity index (χ0) is 12.8. The largest absolute Gasteiger partial charge is 0.392 e. The first kappa shape index (κ1) is 13.9. The summed E-state index contributed by atoms with van der Waals surface area (Å²) >= 11 is 0. The van der Waals surface area contributed by atoms with E-state index in [0.29, 0.717) is 24.5 Å². The Morgan fingerprint density at radius 1 is 1.53 bits per heavy atom. The number of hydrogen-bond donors (Lipinski definition) is 1. The van der Waals surface area contributed by atoms with Crippen LogP contribution in [0.4, 0.5) is 10.2 Å². The number of aliphatic hydroxyl groups is 1. The van der Waals surface area contributed by atoms with Crippen molar-refractivity contribution in [2.75, 3.05) is 25.2 Å².